The molecule has 126 valence electrons. The van der Waals surface area contributed by atoms with Crippen LogP contribution in [0.4, 0.5) is 5.69 Å². The van der Waals surface area contributed by atoms with E-state index in [0.29, 0.717) is 22.3 Å². The molecule has 4 rings (SSSR count). The smallest absolute Gasteiger partial charge is 0.287 e. The van der Waals surface area contributed by atoms with Gasteiger partial charge in [-0.1, -0.05) is 6.07 Å². The second kappa shape index (κ2) is 6.02. The molecule has 8 nitrogen and oxygen atoms in total. The van der Waals surface area contributed by atoms with Crippen molar-refractivity contribution in [3.8, 4) is 5.75 Å². The molecule has 0 bridgehead atoms. The maximum atomic E-state index is 12.2. The minimum Gasteiger partial charge on any atom is -0.482 e. The second-order valence-electron chi connectivity index (χ2n) is 5.44. The number of carbonyl (C=O) groups is 2. The van der Waals surface area contributed by atoms with Crippen LogP contribution in [-0.2, 0) is 11.3 Å². The van der Waals surface area contributed by atoms with Gasteiger partial charge in [-0.3, -0.25) is 14.4 Å². The van der Waals surface area contributed by atoms with Gasteiger partial charge in [0.15, 0.2) is 12.4 Å². The summed E-state index contributed by atoms with van der Waals surface area (Å²) < 4.78 is 5.28. The number of aromatic amines is 1. The van der Waals surface area contributed by atoms with E-state index in [0.717, 1.165) is 5.56 Å². The van der Waals surface area contributed by atoms with E-state index < -0.39 is 5.91 Å². The highest BCUT2D eigenvalue weighted by atomic mass is 32.1. The number of anilines is 1. The van der Waals surface area contributed by atoms with Crippen LogP contribution >= 0.6 is 11.3 Å². The number of carbonyl (C=O) groups excluding carboxylic acids is 2. The first-order chi connectivity index (χ1) is 12.1. The van der Waals surface area contributed by atoms with Crippen molar-refractivity contribution in [2.75, 3.05) is 11.9 Å². The summed E-state index contributed by atoms with van der Waals surface area (Å²) >= 11 is 1.35. The summed E-state index contributed by atoms with van der Waals surface area (Å²) in [5, 5.41) is 9.27. The topological polar surface area (TPSA) is 113 Å². The molecule has 1 aliphatic heterocycles. The molecule has 0 saturated heterocycles. The predicted octanol–water partition coefficient (Wildman–Crippen LogP) is 1.25. The summed E-state index contributed by atoms with van der Waals surface area (Å²) in [5.74, 6) is -0.156. The first kappa shape index (κ1) is 15.3. The van der Waals surface area contributed by atoms with E-state index in [1.165, 1.54) is 11.3 Å². The number of nitrogens with zero attached hydrogens (tertiary/aromatic N) is 1. The van der Waals surface area contributed by atoms with E-state index in [2.05, 4.69) is 20.6 Å². The molecule has 0 saturated carbocycles. The van der Waals surface area contributed by atoms with E-state index in [1.807, 2.05) is 0 Å². The van der Waals surface area contributed by atoms with Gasteiger partial charge in [-0.05, 0) is 17.7 Å². The molecule has 3 aromatic rings. The van der Waals surface area contributed by atoms with Crippen molar-refractivity contribution >= 4 is 39.7 Å². The average molecular weight is 356 g/mol. The molecule has 9 heteroatoms. The number of fused-ring (bicyclic) bond motifs is 2. The number of thiophene rings is 1. The van der Waals surface area contributed by atoms with Crippen LogP contribution < -0.4 is 20.9 Å². The maximum absolute atomic E-state index is 12.2. The van der Waals surface area contributed by atoms with E-state index in [4.69, 9.17) is 4.74 Å². The molecule has 0 aliphatic carbocycles. The highest BCUT2D eigenvalue weighted by molar-refractivity contribution is 7.09. The highest BCUT2D eigenvalue weighted by Crippen LogP contribution is 2.28. The fourth-order valence-corrected chi connectivity index (χ4v) is 3.22. The molecule has 0 atom stereocenters. The molecule has 3 N–H and O–H groups in total. The Hall–Kier alpha value is -3.20. The zero-order valence-electron chi connectivity index (χ0n) is 12.8. The van der Waals surface area contributed by atoms with E-state index in [1.54, 1.807) is 29.0 Å². The molecule has 1 aromatic carbocycles. The molecular weight excluding hydrogens is 344 g/mol. The molecule has 0 spiro atoms. The lowest BCUT2D eigenvalue weighted by molar-refractivity contribution is -0.118. The minimum atomic E-state index is -0.483. The van der Waals surface area contributed by atoms with Gasteiger partial charge in [-0.15, -0.1) is 11.3 Å². The summed E-state index contributed by atoms with van der Waals surface area (Å²) in [7, 11) is 0. The zero-order chi connectivity index (χ0) is 17.4. The molecule has 0 radical (unpaired) electrons. The Labute approximate surface area is 144 Å². The molecule has 0 fully saturated rings. The van der Waals surface area contributed by atoms with Gasteiger partial charge < -0.3 is 20.4 Å². The maximum Gasteiger partial charge on any atom is 0.287 e. The summed E-state index contributed by atoms with van der Waals surface area (Å²) in [6.45, 7) is 0.209. The molecule has 3 heterocycles. The third-order valence-electron chi connectivity index (χ3n) is 3.70. The van der Waals surface area contributed by atoms with Gasteiger partial charge in [0.2, 0.25) is 0 Å². The Bertz CT molecular complexity index is 1060. The molecule has 2 aromatic heterocycles. The monoisotopic (exact) mass is 356 g/mol. The number of ether oxygens (including phenoxy) is 1. The number of hydrogen-bond acceptors (Lipinski definition) is 6. The number of rotatable bonds is 3. The van der Waals surface area contributed by atoms with Crippen molar-refractivity contribution in [1.82, 2.24) is 15.3 Å². The molecular formula is C16H12N4O4S. The molecule has 1 aliphatic rings. The van der Waals surface area contributed by atoms with Crippen LogP contribution in [0.25, 0.3) is 10.9 Å². The normalized spacial score (nSPS) is 13.0. The van der Waals surface area contributed by atoms with Gasteiger partial charge in [-0.2, -0.15) is 0 Å². The van der Waals surface area contributed by atoms with Crippen LogP contribution in [0.5, 0.6) is 5.75 Å². The van der Waals surface area contributed by atoms with Crippen molar-refractivity contribution in [3.63, 3.8) is 0 Å². The van der Waals surface area contributed by atoms with E-state index >= 15 is 0 Å². The third kappa shape index (κ3) is 2.96. The fourth-order valence-electron chi connectivity index (χ4n) is 2.48. The number of benzene rings is 1. The zero-order valence-corrected chi connectivity index (χ0v) is 13.6. The van der Waals surface area contributed by atoms with Crippen molar-refractivity contribution in [2.24, 2.45) is 0 Å². The number of nitrogens with one attached hydrogen (secondary N) is 3. The fraction of sp³-hybridized carbons (Fsp3) is 0.125. The number of amides is 2. The Morgan fingerprint density at radius 1 is 1.32 bits per heavy atom. The largest absolute Gasteiger partial charge is 0.482 e. The first-order valence-corrected chi connectivity index (χ1v) is 8.34. The Balaban J connectivity index is 1.50. The number of H-pyrrole nitrogens is 1. The summed E-state index contributed by atoms with van der Waals surface area (Å²) in [5.41, 5.74) is 1.49. The predicted molar refractivity (Wildman–Crippen MR) is 92.0 cm³/mol. The minimum absolute atomic E-state index is 0.00677. The van der Waals surface area contributed by atoms with Crippen molar-refractivity contribution in [2.45, 2.75) is 6.54 Å². The Morgan fingerprint density at radius 2 is 2.20 bits per heavy atom. The van der Waals surface area contributed by atoms with E-state index in [9.17, 15) is 14.4 Å². The van der Waals surface area contributed by atoms with Gasteiger partial charge >= 0.3 is 0 Å². The second-order valence-corrected chi connectivity index (χ2v) is 6.18. The summed E-state index contributed by atoms with van der Waals surface area (Å²) in [6.07, 6.45) is 0. The van der Waals surface area contributed by atoms with Crippen molar-refractivity contribution in [1.29, 1.82) is 0 Å². The van der Waals surface area contributed by atoms with Gasteiger partial charge in [-0.25, -0.2) is 4.98 Å². The van der Waals surface area contributed by atoms with Crippen LogP contribution in [0.3, 0.4) is 0 Å². The Kier molecular flexibility index (Phi) is 3.69. The quantitative estimate of drug-likeness (QED) is 0.654. The van der Waals surface area contributed by atoms with Crippen LogP contribution in [0.2, 0.25) is 0 Å². The third-order valence-corrected chi connectivity index (χ3v) is 4.43. The van der Waals surface area contributed by atoms with Crippen LogP contribution in [0.15, 0.2) is 33.8 Å². The lowest BCUT2D eigenvalue weighted by atomic mass is 10.1. The van der Waals surface area contributed by atoms with Gasteiger partial charge in [0.05, 0.1) is 16.6 Å². The SMILES string of the molecule is O=C1COc2ccc(CNC(=O)c3nc4cscc4c(=O)[nH]3)cc2N1. The number of hydrogen-bond donors (Lipinski definition) is 3. The first-order valence-electron chi connectivity index (χ1n) is 7.40. The van der Waals surface area contributed by atoms with Gasteiger partial charge in [0, 0.05) is 17.3 Å². The van der Waals surface area contributed by atoms with Gasteiger partial charge in [0.25, 0.3) is 17.4 Å². The summed E-state index contributed by atoms with van der Waals surface area (Å²) in [6, 6.07) is 5.24. The van der Waals surface area contributed by atoms with Crippen molar-refractivity contribution < 1.29 is 14.3 Å². The molecule has 2 amide bonds. The summed E-state index contributed by atoms with van der Waals surface area (Å²) in [4.78, 5) is 42.1. The number of aromatic nitrogens is 2. The standard InChI is InChI=1S/C16H12N4O4S/c21-13-5-24-12-2-1-8(3-10(12)18-13)4-17-16(23)14-19-11-7-25-6-9(11)15(22)20-14/h1-3,6-7H,4-5H2,(H,17,23)(H,18,21)(H,19,20,22). The lowest BCUT2D eigenvalue weighted by Gasteiger charge is -2.18. The lowest BCUT2D eigenvalue weighted by Crippen LogP contribution is -2.28. The van der Waals surface area contributed by atoms with Crippen LogP contribution in [0.1, 0.15) is 16.2 Å². The highest BCUT2D eigenvalue weighted by Gasteiger charge is 2.16. The van der Waals surface area contributed by atoms with Crippen LogP contribution in [0, 0.1) is 0 Å². The van der Waals surface area contributed by atoms with Gasteiger partial charge in [0.1, 0.15) is 5.75 Å². The average Bonchev–Trinajstić information content (AvgIpc) is 3.08. The Morgan fingerprint density at radius 3 is 3.08 bits per heavy atom. The molecule has 0 unspecified atom stereocenters. The van der Waals surface area contributed by atoms with Crippen molar-refractivity contribution in [3.05, 3.63) is 50.7 Å². The van der Waals surface area contributed by atoms with Crippen LogP contribution in [-0.4, -0.2) is 28.4 Å². The van der Waals surface area contributed by atoms with E-state index in [-0.39, 0.29) is 30.4 Å². The molecule has 25 heavy (non-hydrogen) atoms.